The van der Waals surface area contributed by atoms with Gasteiger partial charge in [-0.1, -0.05) is 11.6 Å². The quantitative estimate of drug-likeness (QED) is 0.0870. The van der Waals surface area contributed by atoms with Crippen molar-refractivity contribution in [3.05, 3.63) is 57.2 Å². The number of nitrogens with one attached hydrogen (secondary N) is 4. The third-order valence-corrected chi connectivity index (χ3v) is 6.10. The second-order valence-electron chi connectivity index (χ2n) is 7.21. The largest absolute Gasteiger partial charge is 0.493 e. The average Bonchev–Trinajstić information content (AvgIpc) is 2.81. The number of alkyl halides is 3. The number of amides is 1. The summed E-state index contributed by atoms with van der Waals surface area (Å²) in [6, 6.07) is 3.95. The highest BCUT2D eigenvalue weighted by Crippen LogP contribution is 2.22. The molecule has 0 aliphatic heterocycles. The Morgan fingerprint density at radius 1 is 1.24 bits per heavy atom. The van der Waals surface area contributed by atoms with Gasteiger partial charge in [-0.25, -0.2) is 23.1 Å². The summed E-state index contributed by atoms with van der Waals surface area (Å²) in [4.78, 5) is 45.1. The van der Waals surface area contributed by atoms with E-state index < -0.39 is 72.6 Å². The van der Waals surface area contributed by atoms with Gasteiger partial charge in [0.05, 0.1) is 28.1 Å². The molecule has 0 bridgehead atoms. The Bertz CT molecular complexity index is 1400. The van der Waals surface area contributed by atoms with Crippen molar-refractivity contribution < 1.29 is 45.2 Å². The molecule has 208 valence electrons. The standard InChI is InChI=1S/C19H19ClF4N6O7S/c1-9(15(31)27-6-7-36-28-18(25)26)14-5-4-13(16(32)30(14)37-17(33)19(22,23)24)29-38(34,35)10-2-3-12(21)11(20)8-10/h2-5,8-9,29H,6-7H2,1H3,(H,27,31)(H4,25,26,28). The molecule has 19 heteroatoms. The van der Waals surface area contributed by atoms with Crippen molar-refractivity contribution in [2.24, 2.45) is 5.73 Å². The zero-order valence-corrected chi connectivity index (χ0v) is 20.6. The molecule has 1 heterocycles. The Morgan fingerprint density at radius 2 is 1.89 bits per heavy atom. The van der Waals surface area contributed by atoms with Gasteiger partial charge in [0.15, 0.2) is 0 Å². The summed E-state index contributed by atoms with van der Waals surface area (Å²) in [5.41, 5.74) is 3.98. The molecular formula is C19H19ClF4N6O7S. The maximum atomic E-state index is 13.4. The predicted molar refractivity (Wildman–Crippen MR) is 123 cm³/mol. The monoisotopic (exact) mass is 586 g/mol. The first kappa shape index (κ1) is 30.3. The Hall–Kier alpha value is -3.90. The number of aromatic nitrogens is 1. The highest BCUT2D eigenvalue weighted by atomic mass is 35.5. The summed E-state index contributed by atoms with van der Waals surface area (Å²) in [6.45, 7) is 0.789. The van der Waals surface area contributed by atoms with Gasteiger partial charge >= 0.3 is 17.7 Å². The molecule has 0 aliphatic carbocycles. The molecule has 0 fully saturated rings. The zero-order valence-electron chi connectivity index (χ0n) is 19.1. The number of guanidine groups is 1. The molecule has 1 aromatic carbocycles. The SMILES string of the molecule is CC(C(=O)NCCONC(=N)N)c1ccc(NS(=O)(=O)c2ccc(F)c(Cl)c2)c(=O)n1OC(=O)C(F)(F)F. The van der Waals surface area contributed by atoms with Crippen LogP contribution < -0.4 is 31.6 Å². The van der Waals surface area contributed by atoms with Gasteiger partial charge in [-0.15, -0.1) is 4.73 Å². The molecule has 2 rings (SSSR count). The van der Waals surface area contributed by atoms with Crippen LogP contribution in [0.3, 0.4) is 0 Å². The predicted octanol–water partition coefficient (Wildman–Crippen LogP) is 0.593. The maximum absolute atomic E-state index is 13.4. The van der Waals surface area contributed by atoms with E-state index >= 15 is 0 Å². The fraction of sp³-hybridized carbons (Fsp3) is 0.263. The summed E-state index contributed by atoms with van der Waals surface area (Å²) in [7, 11) is -4.62. The highest BCUT2D eigenvalue weighted by Gasteiger charge is 2.43. The van der Waals surface area contributed by atoms with E-state index in [9.17, 15) is 40.4 Å². The van der Waals surface area contributed by atoms with Crippen LogP contribution in [0.1, 0.15) is 18.5 Å². The second-order valence-corrected chi connectivity index (χ2v) is 9.30. The number of benzene rings is 1. The first-order valence-corrected chi connectivity index (χ1v) is 11.9. The van der Waals surface area contributed by atoms with Gasteiger partial charge in [-0.2, -0.15) is 13.2 Å². The highest BCUT2D eigenvalue weighted by molar-refractivity contribution is 7.92. The second kappa shape index (κ2) is 12.1. The lowest BCUT2D eigenvalue weighted by atomic mass is 10.1. The normalized spacial score (nSPS) is 12.4. The van der Waals surface area contributed by atoms with Crippen LogP contribution in [0.5, 0.6) is 0 Å². The van der Waals surface area contributed by atoms with Crippen LogP contribution in [0.15, 0.2) is 40.0 Å². The third-order valence-electron chi connectivity index (χ3n) is 4.44. The number of hydrogen-bond donors (Lipinski definition) is 5. The molecule has 2 aromatic rings. The Balaban J connectivity index is 2.41. The van der Waals surface area contributed by atoms with Crippen LogP contribution >= 0.6 is 11.6 Å². The lowest BCUT2D eigenvalue weighted by Gasteiger charge is -2.19. The van der Waals surface area contributed by atoms with Crippen LogP contribution in [0.4, 0.5) is 23.2 Å². The molecule has 38 heavy (non-hydrogen) atoms. The van der Waals surface area contributed by atoms with Crippen molar-refractivity contribution in [2.75, 3.05) is 17.9 Å². The maximum Gasteiger partial charge on any atom is 0.493 e. The van der Waals surface area contributed by atoms with Crippen molar-refractivity contribution in [3.8, 4) is 0 Å². The van der Waals surface area contributed by atoms with Gasteiger partial charge in [0, 0.05) is 6.54 Å². The average molecular weight is 587 g/mol. The molecule has 0 saturated heterocycles. The van der Waals surface area contributed by atoms with E-state index in [0.717, 1.165) is 37.3 Å². The minimum absolute atomic E-state index is 0.172. The summed E-state index contributed by atoms with van der Waals surface area (Å²) in [5.74, 6) is -6.56. The fourth-order valence-electron chi connectivity index (χ4n) is 2.65. The number of nitrogens with two attached hydrogens (primary N) is 1. The molecule has 0 aliphatic rings. The topological polar surface area (TPSA) is 195 Å². The van der Waals surface area contributed by atoms with Crippen LogP contribution in [0.2, 0.25) is 5.02 Å². The number of halogens is 5. The molecule has 0 radical (unpaired) electrons. The van der Waals surface area contributed by atoms with E-state index in [1.54, 1.807) is 4.72 Å². The third kappa shape index (κ3) is 7.80. The summed E-state index contributed by atoms with van der Waals surface area (Å²) in [6.07, 6.45) is -5.55. The molecule has 1 aromatic heterocycles. The van der Waals surface area contributed by atoms with Gasteiger partial charge in [-0.3, -0.25) is 24.6 Å². The number of hydrogen-bond acceptors (Lipinski definition) is 8. The van der Waals surface area contributed by atoms with E-state index in [1.165, 1.54) is 0 Å². The number of sulfonamides is 1. The van der Waals surface area contributed by atoms with Crippen molar-refractivity contribution >= 4 is 45.1 Å². The van der Waals surface area contributed by atoms with Crippen molar-refractivity contribution in [3.63, 3.8) is 0 Å². The zero-order chi connectivity index (χ0) is 28.8. The lowest BCUT2D eigenvalue weighted by Crippen LogP contribution is -2.42. The molecule has 1 amide bonds. The number of carbonyl (C=O) groups excluding carboxylic acids is 2. The van der Waals surface area contributed by atoms with E-state index in [-0.39, 0.29) is 17.9 Å². The van der Waals surface area contributed by atoms with Gasteiger partial charge < -0.3 is 15.9 Å². The molecule has 1 unspecified atom stereocenters. The summed E-state index contributed by atoms with van der Waals surface area (Å²) in [5, 5.41) is 8.67. The Labute approximate surface area is 216 Å². The number of carbonyl (C=O) groups is 2. The number of nitrogens with zero attached hydrogens (tertiary/aromatic N) is 1. The molecule has 0 saturated carbocycles. The smallest absolute Gasteiger partial charge is 0.368 e. The van der Waals surface area contributed by atoms with Crippen LogP contribution in [-0.2, 0) is 24.4 Å². The fourth-order valence-corrected chi connectivity index (χ4v) is 3.98. The van der Waals surface area contributed by atoms with E-state index in [4.69, 9.17) is 27.6 Å². The van der Waals surface area contributed by atoms with Crippen molar-refractivity contribution in [1.29, 1.82) is 5.41 Å². The Kier molecular flexibility index (Phi) is 9.65. The van der Waals surface area contributed by atoms with Crippen molar-refractivity contribution in [1.82, 2.24) is 15.5 Å². The van der Waals surface area contributed by atoms with E-state index in [0.29, 0.717) is 0 Å². The Morgan fingerprint density at radius 3 is 2.47 bits per heavy atom. The molecule has 1 atom stereocenters. The summed E-state index contributed by atoms with van der Waals surface area (Å²) >= 11 is 5.57. The molecule has 6 N–H and O–H groups in total. The number of hydroxylamine groups is 1. The van der Waals surface area contributed by atoms with Gasteiger partial charge in [0.2, 0.25) is 11.9 Å². The minimum atomic E-state index is -5.55. The number of rotatable bonds is 10. The van der Waals surface area contributed by atoms with Gasteiger partial charge in [0.25, 0.3) is 10.0 Å². The molecule has 0 spiro atoms. The summed E-state index contributed by atoms with van der Waals surface area (Å²) < 4.78 is 78.8. The van der Waals surface area contributed by atoms with Crippen LogP contribution in [0, 0.1) is 11.2 Å². The van der Waals surface area contributed by atoms with E-state index in [1.807, 2.05) is 5.48 Å². The first-order valence-electron chi connectivity index (χ1n) is 10.1. The van der Waals surface area contributed by atoms with Crippen LogP contribution in [0.25, 0.3) is 0 Å². The van der Waals surface area contributed by atoms with Gasteiger partial charge in [-0.05, 0) is 37.3 Å². The lowest BCUT2D eigenvalue weighted by molar-refractivity contribution is -0.200. The van der Waals surface area contributed by atoms with E-state index in [2.05, 4.69) is 10.2 Å². The van der Waals surface area contributed by atoms with Crippen LogP contribution in [-0.4, -0.2) is 50.3 Å². The number of pyridine rings is 1. The molecular weight excluding hydrogens is 568 g/mol. The first-order chi connectivity index (χ1) is 17.5. The molecule has 13 nitrogen and oxygen atoms in total. The van der Waals surface area contributed by atoms with Gasteiger partial charge in [0.1, 0.15) is 11.5 Å². The number of anilines is 1. The van der Waals surface area contributed by atoms with Crippen molar-refractivity contribution in [2.45, 2.75) is 23.9 Å². The minimum Gasteiger partial charge on any atom is -0.368 e.